The number of hydrogen-bond acceptors (Lipinski definition) is 5. The molecule has 0 radical (unpaired) electrons. The molecule has 0 aliphatic carbocycles. The Balaban J connectivity index is 4.26. The molecule has 0 heterocycles. The first kappa shape index (κ1) is 20.7. The van der Waals surface area contributed by atoms with Crippen molar-refractivity contribution in [2.75, 3.05) is 26.3 Å². The van der Waals surface area contributed by atoms with E-state index in [0.29, 0.717) is 32.7 Å². The quantitative estimate of drug-likeness (QED) is 0.328. The first-order valence-corrected chi connectivity index (χ1v) is 8.10. The lowest BCUT2D eigenvalue weighted by atomic mass is 9.86. The predicted molar refractivity (Wildman–Crippen MR) is 89.5 cm³/mol. The lowest BCUT2D eigenvalue weighted by Crippen LogP contribution is -2.47. The van der Waals surface area contributed by atoms with E-state index in [4.69, 9.17) is 9.47 Å². The van der Waals surface area contributed by atoms with Crippen LogP contribution in [0.15, 0.2) is 0 Å². The molecule has 0 aliphatic heterocycles. The van der Waals surface area contributed by atoms with Crippen molar-refractivity contribution in [2.24, 2.45) is 5.41 Å². The van der Waals surface area contributed by atoms with Crippen molar-refractivity contribution in [3.8, 4) is 0 Å². The summed E-state index contributed by atoms with van der Waals surface area (Å²) in [5.74, 6) is -0.671. The molecule has 1 amide bonds. The van der Waals surface area contributed by atoms with Crippen LogP contribution in [0.5, 0.6) is 0 Å². The summed E-state index contributed by atoms with van der Waals surface area (Å²) in [7, 11) is 0. The molecule has 0 fully saturated rings. The van der Waals surface area contributed by atoms with Gasteiger partial charge in [-0.15, -0.1) is 0 Å². The number of hydrogen-bond donors (Lipinski definition) is 3. The highest BCUT2D eigenvalue weighted by atomic mass is 32.1. The van der Waals surface area contributed by atoms with E-state index < -0.39 is 5.79 Å². The highest BCUT2D eigenvalue weighted by Crippen LogP contribution is 2.34. The molecule has 0 bridgehead atoms. The summed E-state index contributed by atoms with van der Waals surface area (Å²) in [6.45, 7) is 14.1. The van der Waals surface area contributed by atoms with E-state index in [1.54, 1.807) is 0 Å². The van der Waals surface area contributed by atoms with E-state index in [0.717, 1.165) is 0 Å². The molecule has 0 aromatic heterocycles. The van der Waals surface area contributed by atoms with Gasteiger partial charge in [-0.25, -0.2) is 0 Å². The minimum Gasteiger partial charge on any atom is -0.354 e. The van der Waals surface area contributed by atoms with Gasteiger partial charge in [-0.1, -0.05) is 27.7 Å². The Morgan fingerprint density at radius 2 is 1.67 bits per heavy atom. The summed E-state index contributed by atoms with van der Waals surface area (Å²) in [6, 6.07) is 0. The first-order valence-electron chi connectivity index (χ1n) is 7.58. The molecule has 21 heavy (non-hydrogen) atoms. The van der Waals surface area contributed by atoms with Crippen LogP contribution < -0.4 is 10.6 Å². The Bertz CT molecular complexity index is 306. The Morgan fingerprint density at radius 1 is 1.14 bits per heavy atom. The first-order chi connectivity index (χ1) is 9.62. The van der Waals surface area contributed by atoms with Crippen molar-refractivity contribution in [1.29, 1.82) is 0 Å². The SMILES string of the molecule is CCC(=O)NCCOC(C)(OCCNC(C)S)C(C)(C)C. The van der Waals surface area contributed by atoms with Gasteiger partial charge in [-0.2, -0.15) is 12.6 Å². The summed E-state index contributed by atoms with van der Waals surface area (Å²) >= 11 is 4.26. The Kier molecular flexibility index (Phi) is 9.53. The maximum atomic E-state index is 11.2. The molecule has 126 valence electrons. The second-order valence-electron chi connectivity index (χ2n) is 6.23. The minimum absolute atomic E-state index is 0.0314. The molecule has 0 saturated heterocycles. The third-order valence-electron chi connectivity index (χ3n) is 3.40. The average Bonchev–Trinajstić information content (AvgIpc) is 2.38. The second-order valence-corrected chi connectivity index (χ2v) is 7.00. The van der Waals surface area contributed by atoms with Crippen LogP contribution in [0, 0.1) is 5.41 Å². The maximum Gasteiger partial charge on any atom is 0.219 e. The summed E-state index contributed by atoms with van der Waals surface area (Å²) in [6.07, 6.45) is 0.487. The zero-order valence-corrected chi connectivity index (χ0v) is 15.2. The summed E-state index contributed by atoms with van der Waals surface area (Å²) in [5, 5.41) is 6.12. The van der Waals surface area contributed by atoms with Gasteiger partial charge in [0, 0.05) is 30.3 Å². The van der Waals surface area contributed by atoms with Crippen molar-refractivity contribution in [3.63, 3.8) is 0 Å². The van der Waals surface area contributed by atoms with Crippen LogP contribution in [-0.4, -0.2) is 43.4 Å². The molecule has 2 atom stereocenters. The van der Waals surface area contributed by atoms with E-state index in [2.05, 4.69) is 44.0 Å². The topological polar surface area (TPSA) is 59.6 Å². The zero-order chi connectivity index (χ0) is 16.5. The van der Waals surface area contributed by atoms with E-state index in [1.165, 1.54) is 0 Å². The third kappa shape index (κ3) is 8.66. The van der Waals surface area contributed by atoms with Gasteiger partial charge in [0.2, 0.25) is 5.91 Å². The van der Waals surface area contributed by atoms with Gasteiger partial charge in [-0.3, -0.25) is 4.79 Å². The lowest BCUT2D eigenvalue weighted by molar-refractivity contribution is -0.276. The van der Waals surface area contributed by atoms with Crippen LogP contribution in [0.3, 0.4) is 0 Å². The molecule has 0 aliphatic rings. The molecular weight excluding hydrogens is 288 g/mol. The van der Waals surface area contributed by atoms with Crippen molar-refractivity contribution in [3.05, 3.63) is 0 Å². The highest BCUT2D eigenvalue weighted by Gasteiger charge is 2.39. The number of carbonyl (C=O) groups excluding carboxylic acids is 1. The van der Waals surface area contributed by atoms with Gasteiger partial charge in [0.25, 0.3) is 0 Å². The molecule has 2 unspecified atom stereocenters. The molecule has 2 N–H and O–H groups in total. The fourth-order valence-electron chi connectivity index (χ4n) is 1.55. The van der Waals surface area contributed by atoms with Crippen molar-refractivity contribution in [1.82, 2.24) is 10.6 Å². The van der Waals surface area contributed by atoms with Crippen molar-refractivity contribution in [2.45, 2.75) is 59.1 Å². The van der Waals surface area contributed by atoms with Crippen molar-refractivity contribution < 1.29 is 14.3 Å². The fraction of sp³-hybridized carbons (Fsp3) is 0.933. The molecular formula is C15H32N2O3S. The van der Waals surface area contributed by atoms with Gasteiger partial charge in [0.15, 0.2) is 5.79 Å². The standard InChI is InChI=1S/C15H32N2O3S/c1-7-13(18)17-9-11-20-15(6,14(3,4)5)19-10-8-16-12(2)21/h12,16,21H,7-11H2,1-6H3,(H,17,18). The average molecular weight is 320 g/mol. The van der Waals surface area contributed by atoms with Crippen LogP contribution in [0.25, 0.3) is 0 Å². The van der Waals surface area contributed by atoms with E-state index in [9.17, 15) is 4.79 Å². The highest BCUT2D eigenvalue weighted by molar-refractivity contribution is 7.80. The normalized spacial score (nSPS) is 16.3. The molecule has 5 nitrogen and oxygen atoms in total. The molecule has 0 saturated carbocycles. The smallest absolute Gasteiger partial charge is 0.219 e. The molecule has 6 heteroatoms. The van der Waals surface area contributed by atoms with Crippen molar-refractivity contribution >= 4 is 18.5 Å². The zero-order valence-electron chi connectivity index (χ0n) is 14.3. The van der Waals surface area contributed by atoms with Gasteiger partial charge in [0.1, 0.15) is 0 Å². The Hall–Kier alpha value is -0.300. The summed E-state index contributed by atoms with van der Waals surface area (Å²) in [5.41, 5.74) is -0.172. The molecule has 0 spiro atoms. The largest absolute Gasteiger partial charge is 0.354 e. The number of carbonyl (C=O) groups is 1. The number of thiol groups is 1. The fourth-order valence-corrected chi connectivity index (χ4v) is 1.68. The summed E-state index contributed by atoms with van der Waals surface area (Å²) < 4.78 is 11.9. The van der Waals surface area contributed by atoms with Gasteiger partial charge in [0.05, 0.1) is 13.2 Å². The van der Waals surface area contributed by atoms with Crippen LogP contribution in [0.4, 0.5) is 0 Å². The number of rotatable bonds is 10. The number of amides is 1. The van der Waals surface area contributed by atoms with Crippen LogP contribution >= 0.6 is 12.6 Å². The van der Waals surface area contributed by atoms with E-state index in [1.807, 2.05) is 20.8 Å². The summed E-state index contributed by atoms with van der Waals surface area (Å²) in [4.78, 5) is 11.2. The van der Waals surface area contributed by atoms with E-state index >= 15 is 0 Å². The maximum absolute atomic E-state index is 11.2. The molecule has 0 rings (SSSR count). The van der Waals surface area contributed by atoms with Crippen LogP contribution in [0.2, 0.25) is 0 Å². The minimum atomic E-state index is -0.703. The Morgan fingerprint density at radius 3 is 2.10 bits per heavy atom. The van der Waals surface area contributed by atoms with Gasteiger partial charge >= 0.3 is 0 Å². The van der Waals surface area contributed by atoms with E-state index in [-0.39, 0.29) is 16.7 Å². The molecule has 0 aromatic carbocycles. The number of ether oxygens (including phenoxy) is 2. The predicted octanol–water partition coefficient (Wildman–Crippen LogP) is 2.17. The monoisotopic (exact) mass is 320 g/mol. The lowest BCUT2D eigenvalue weighted by Gasteiger charge is -2.41. The second kappa shape index (κ2) is 9.66. The number of nitrogens with one attached hydrogen (secondary N) is 2. The molecule has 0 aromatic rings. The van der Waals surface area contributed by atoms with Gasteiger partial charge < -0.3 is 20.1 Å². The van der Waals surface area contributed by atoms with Crippen LogP contribution in [0.1, 0.15) is 48.0 Å². The third-order valence-corrected chi connectivity index (χ3v) is 3.59. The van der Waals surface area contributed by atoms with Crippen LogP contribution in [-0.2, 0) is 14.3 Å². The van der Waals surface area contributed by atoms with Gasteiger partial charge in [-0.05, 0) is 13.8 Å². The Labute approximate surface area is 134 Å².